The molecule has 1 N–H and O–H groups in total. The van der Waals surface area contributed by atoms with Crippen LogP contribution in [-0.2, 0) is 9.59 Å². The number of carbonyl (C=O) groups excluding carboxylic acids is 2. The molecule has 1 heterocycles. The molecule has 3 aliphatic carbocycles. The molecule has 1 saturated carbocycles. The highest BCUT2D eigenvalue weighted by Crippen LogP contribution is 2.49. The number of halogens is 1. The number of phenolic OH excluding ortho intramolecular Hbond substituents is 1. The molecule has 0 aromatic heterocycles. The van der Waals surface area contributed by atoms with Gasteiger partial charge < -0.3 is 5.11 Å². The second kappa shape index (κ2) is 6.01. The molecule has 1 aliphatic heterocycles. The SMILES string of the molecule is O=C1[C@@H]2[C@@H](C(=O)N1/N=C\c1cc(Br)cc([N+](=O)[O-])c1O)[C@H]1C=C[C@H]2CC1. The second-order valence-corrected chi connectivity index (χ2v) is 7.61. The van der Waals surface area contributed by atoms with Gasteiger partial charge in [-0.2, -0.15) is 10.1 Å². The summed E-state index contributed by atoms with van der Waals surface area (Å²) in [6, 6.07) is 2.59. The van der Waals surface area contributed by atoms with Crippen molar-refractivity contribution in [3.8, 4) is 5.75 Å². The average molecular weight is 420 g/mol. The van der Waals surface area contributed by atoms with Crippen molar-refractivity contribution < 1.29 is 19.6 Å². The first-order chi connectivity index (χ1) is 12.4. The molecule has 4 atom stereocenters. The van der Waals surface area contributed by atoms with Crippen molar-refractivity contribution in [1.82, 2.24) is 5.01 Å². The fraction of sp³-hybridized carbons (Fsp3) is 0.353. The highest BCUT2D eigenvalue weighted by molar-refractivity contribution is 9.10. The molecule has 0 spiro atoms. The molecule has 1 aromatic carbocycles. The zero-order valence-electron chi connectivity index (χ0n) is 13.4. The lowest BCUT2D eigenvalue weighted by Gasteiger charge is -2.37. The van der Waals surface area contributed by atoms with E-state index in [0.29, 0.717) is 4.47 Å². The van der Waals surface area contributed by atoms with Gasteiger partial charge in [-0.3, -0.25) is 19.7 Å². The monoisotopic (exact) mass is 419 g/mol. The number of aromatic hydroxyl groups is 1. The summed E-state index contributed by atoms with van der Waals surface area (Å²) in [6.07, 6.45) is 6.90. The van der Waals surface area contributed by atoms with E-state index < -0.39 is 16.4 Å². The van der Waals surface area contributed by atoms with Gasteiger partial charge in [-0.1, -0.05) is 28.1 Å². The Labute approximate surface area is 156 Å². The predicted octanol–water partition coefficient (Wildman–Crippen LogP) is 2.59. The molecule has 26 heavy (non-hydrogen) atoms. The van der Waals surface area contributed by atoms with Crippen LogP contribution in [0.1, 0.15) is 18.4 Å². The maximum absolute atomic E-state index is 12.7. The molecular weight excluding hydrogens is 406 g/mol. The van der Waals surface area contributed by atoms with Gasteiger partial charge in [0.2, 0.25) is 5.75 Å². The third-order valence-corrected chi connectivity index (χ3v) is 5.79. The minimum atomic E-state index is -0.721. The molecule has 0 unspecified atom stereocenters. The topological polar surface area (TPSA) is 113 Å². The third-order valence-electron chi connectivity index (χ3n) is 5.33. The van der Waals surface area contributed by atoms with Gasteiger partial charge in [0.25, 0.3) is 11.8 Å². The van der Waals surface area contributed by atoms with Crippen LogP contribution in [0.25, 0.3) is 0 Å². The third kappa shape index (κ3) is 2.45. The molecule has 8 nitrogen and oxygen atoms in total. The smallest absolute Gasteiger partial charge is 0.312 e. The first kappa shape index (κ1) is 16.9. The quantitative estimate of drug-likeness (QED) is 0.266. The Morgan fingerprint density at radius 2 is 1.77 bits per heavy atom. The van der Waals surface area contributed by atoms with Gasteiger partial charge in [0.1, 0.15) is 0 Å². The van der Waals surface area contributed by atoms with Gasteiger partial charge >= 0.3 is 5.69 Å². The van der Waals surface area contributed by atoms with E-state index in [1.165, 1.54) is 6.07 Å². The molecule has 2 bridgehead atoms. The molecule has 9 heteroatoms. The Balaban J connectivity index is 1.65. The molecule has 5 rings (SSSR count). The van der Waals surface area contributed by atoms with Crippen LogP contribution >= 0.6 is 15.9 Å². The molecule has 134 valence electrons. The number of hydrazone groups is 1. The lowest BCUT2D eigenvalue weighted by molar-refractivity contribution is -0.385. The first-order valence-corrected chi connectivity index (χ1v) is 8.95. The van der Waals surface area contributed by atoms with Crippen LogP contribution in [0, 0.1) is 33.8 Å². The number of rotatable bonds is 3. The van der Waals surface area contributed by atoms with Crippen molar-refractivity contribution in [3.05, 3.63) is 44.4 Å². The van der Waals surface area contributed by atoms with Gasteiger partial charge in [0, 0.05) is 16.1 Å². The van der Waals surface area contributed by atoms with Crippen LogP contribution in [0.2, 0.25) is 0 Å². The number of nitrogens with zero attached hydrogens (tertiary/aromatic N) is 3. The molecule has 1 saturated heterocycles. The highest BCUT2D eigenvalue weighted by Gasteiger charge is 2.56. The van der Waals surface area contributed by atoms with Crippen LogP contribution in [0.4, 0.5) is 5.69 Å². The van der Waals surface area contributed by atoms with Crippen LogP contribution < -0.4 is 0 Å². The zero-order chi connectivity index (χ0) is 18.6. The van der Waals surface area contributed by atoms with E-state index in [2.05, 4.69) is 21.0 Å². The minimum Gasteiger partial charge on any atom is -0.502 e. The fourth-order valence-electron chi connectivity index (χ4n) is 4.14. The molecule has 1 aromatic rings. The minimum absolute atomic E-state index is 0.0441. The summed E-state index contributed by atoms with van der Waals surface area (Å²) in [7, 11) is 0. The molecule has 2 amide bonds. The van der Waals surface area contributed by atoms with E-state index in [9.17, 15) is 24.8 Å². The first-order valence-electron chi connectivity index (χ1n) is 8.15. The second-order valence-electron chi connectivity index (χ2n) is 6.69. The summed E-state index contributed by atoms with van der Waals surface area (Å²) < 4.78 is 0.374. The Morgan fingerprint density at radius 3 is 2.27 bits per heavy atom. The number of fused-ring (bicyclic) bond motifs is 1. The highest BCUT2D eigenvalue weighted by atomic mass is 79.9. The molecule has 2 fully saturated rings. The Morgan fingerprint density at radius 1 is 1.19 bits per heavy atom. The number of benzene rings is 1. The lowest BCUT2D eigenvalue weighted by atomic mass is 9.63. The van der Waals surface area contributed by atoms with Crippen molar-refractivity contribution in [1.29, 1.82) is 0 Å². The summed E-state index contributed by atoms with van der Waals surface area (Å²) in [5.41, 5.74) is -0.446. The number of allylic oxidation sites excluding steroid dienone is 2. The van der Waals surface area contributed by atoms with Crippen molar-refractivity contribution in [3.63, 3.8) is 0 Å². The van der Waals surface area contributed by atoms with Gasteiger partial charge in [0.05, 0.1) is 23.0 Å². The maximum Gasteiger partial charge on any atom is 0.312 e. The number of phenols is 1. The number of amides is 2. The van der Waals surface area contributed by atoms with E-state index in [1.54, 1.807) is 0 Å². The summed E-state index contributed by atoms with van der Waals surface area (Å²) in [5, 5.41) is 25.8. The number of imide groups is 1. The predicted molar refractivity (Wildman–Crippen MR) is 94.2 cm³/mol. The van der Waals surface area contributed by atoms with Gasteiger partial charge in [-0.15, -0.1) is 0 Å². The van der Waals surface area contributed by atoms with Gasteiger partial charge in [-0.05, 0) is 30.7 Å². The van der Waals surface area contributed by atoms with E-state index in [4.69, 9.17) is 0 Å². The van der Waals surface area contributed by atoms with E-state index >= 15 is 0 Å². The van der Waals surface area contributed by atoms with Crippen molar-refractivity contribution in [2.24, 2.45) is 28.8 Å². The van der Waals surface area contributed by atoms with E-state index in [0.717, 1.165) is 30.1 Å². The largest absolute Gasteiger partial charge is 0.502 e. The number of nitro groups is 1. The Hall–Kier alpha value is -2.55. The molecule has 4 aliphatic rings. The number of carbonyl (C=O) groups is 2. The number of hydrogen-bond acceptors (Lipinski definition) is 6. The van der Waals surface area contributed by atoms with Crippen molar-refractivity contribution in [2.75, 3.05) is 0 Å². The summed E-state index contributed by atoms with van der Waals surface area (Å²) in [5.74, 6) is -1.91. The van der Waals surface area contributed by atoms with Crippen LogP contribution in [0.15, 0.2) is 33.9 Å². The lowest BCUT2D eigenvalue weighted by Crippen LogP contribution is -2.38. The zero-order valence-corrected chi connectivity index (χ0v) is 15.0. The Kier molecular flexibility index (Phi) is 3.91. The average Bonchev–Trinajstić information content (AvgIpc) is 2.89. The fourth-order valence-corrected chi connectivity index (χ4v) is 4.60. The summed E-state index contributed by atoms with van der Waals surface area (Å²) in [4.78, 5) is 35.6. The van der Waals surface area contributed by atoms with Crippen molar-refractivity contribution >= 4 is 39.6 Å². The Bertz CT molecular complexity index is 865. The maximum atomic E-state index is 12.7. The molecular formula is C17H14BrN3O5. The van der Waals surface area contributed by atoms with Crippen LogP contribution in [-0.4, -0.2) is 33.1 Å². The standard InChI is InChI=1S/C17H14BrN3O5/c18-11-5-10(15(22)12(6-11)21(25)26)7-19-20-16(23)13-8-1-2-9(4-3-8)14(13)17(20)24/h1-2,5-9,13-14,22H,3-4H2/b19-7-/t8-,9-,13-,14-/m0/s1. The van der Waals surface area contributed by atoms with Crippen LogP contribution in [0.5, 0.6) is 5.75 Å². The van der Waals surface area contributed by atoms with Crippen LogP contribution in [0.3, 0.4) is 0 Å². The summed E-state index contributed by atoms with van der Waals surface area (Å²) >= 11 is 3.13. The van der Waals surface area contributed by atoms with E-state index in [-0.39, 0.29) is 41.0 Å². The van der Waals surface area contributed by atoms with Crippen molar-refractivity contribution in [2.45, 2.75) is 12.8 Å². The van der Waals surface area contributed by atoms with Gasteiger partial charge in [0.15, 0.2) is 0 Å². The number of hydrogen-bond donors (Lipinski definition) is 1. The molecule has 0 radical (unpaired) electrons. The van der Waals surface area contributed by atoms with E-state index in [1.807, 2.05) is 12.2 Å². The number of nitro benzene ring substituents is 1. The van der Waals surface area contributed by atoms with Gasteiger partial charge in [-0.25, -0.2) is 0 Å². The summed E-state index contributed by atoms with van der Waals surface area (Å²) in [6.45, 7) is 0. The normalized spacial score (nSPS) is 29.7.